The molecule has 1 aliphatic rings. The van der Waals surface area contributed by atoms with Crippen LogP contribution in [0.15, 0.2) is 12.1 Å². The van der Waals surface area contributed by atoms with Gasteiger partial charge in [0.1, 0.15) is 5.75 Å². The fourth-order valence-corrected chi connectivity index (χ4v) is 5.09. The molecule has 0 saturated carbocycles. The number of carbonyl (C=O) groups excluding carboxylic acids is 2. The summed E-state index contributed by atoms with van der Waals surface area (Å²) in [6, 6.07) is 2.94. The average Bonchev–Trinajstić information content (AvgIpc) is 2.93. The Balaban J connectivity index is 1.65. The van der Waals surface area contributed by atoms with E-state index in [9.17, 15) is 14.4 Å². The van der Waals surface area contributed by atoms with Crippen molar-refractivity contribution >= 4 is 35.1 Å². The van der Waals surface area contributed by atoms with Crippen molar-refractivity contribution in [2.75, 3.05) is 46.1 Å². The summed E-state index contributed by atoms with van der Waals surface area (Å²) in [4.78, 5) is 38.0. The molecule has 0 spiro atoms. The number of unbranched alkanes of at least 4 members (excludes halogenated alkanes) is 4. The van der Waals surface area contributed by atoms with Crippen LogP contribution in [0.5, 0.6) is 5.75 Å². The summed E-state index contributed by atoms with van der Waals surface area (Å²) in [5, 5.41) is 15.0. The zero-order valence-electron chi connectivity index (χ0n) is 24.2. The average molecular weight is 583 g/mol. The van der Waals surface area contributed by atoms with Crippen LogP contribution in [0, 0.1) is 5.92 Å². The van der Waals surface area contributed by atoms with Crippen molar-refractivity contribution in [3.63, 3.8) is 0 Å². The zero-order valence-corrected chi connectivity index (χ0v) is 24.9. The molecule has 1 saturated heterocycles. The number of nitrogens with two attached hydrogens (primary N) is 1. The predicted octanol–water partition coefficient (Wildman–Crippen LogP) is 4.10. The lowest BCUT2D eigenvalue weighted by Gasteiger charge is -2.38. The lowest BCUT2D eigenvalue weighted by Crippen LogP contribution is -2.55. The van der Waals surface area contributed by atoms with E-state index < -0.39 is 5.97 Å². The molecule has 2 amide bonds. The van der Waals surface area contributed by atoms with Crippen molar-refractivity contribution < 1.29 is 29.0 Å². The highest BCUT2D eigenvalue weighted by Crippen LogP contribution is 2.29. The van der Waals surface area contributed by atoms with E-state index in [1.165, 1.54) is 13.2 Å². The van der Waals surface area contributed by atoms with Crippen molar-refractivity contribution in [1.82, 2.24) is 15.5 Å². The second-order valence-corrected chi connectivity index (χ2v) is 11.1. The Morgan fingerprint density at radius 1 is 1.12 bits per heavy atom. The Hall–Kier alpha value is -2.56. The summed E-state index contributed by atoms with van der Waals surface area (Å²) in [5.74, 6) is -0.135. The van der Waals surface area contributed by atoms with E-state index >= 15 is 0 Å². The molecule has 1 aliphatic heterocycles. The van der Waals surface area contributed by atoms with E-state index in [1.807, 2.05) is 0 Å². The number of likely N-dealkylation sites (tertiary alicyclic amines) is 1. The Labute approximate surface area is 243 Å². The number of halogens is 1. The lowest BCUT2D eigenvalue weighted by molar-refractivity contribution is -0.137. The Bertz CT molecular complexity index is 963. The molecule has 40 heavy (non-hydrogen) atoms. The fourth-order valence-electron chi connectivity index (χ4n) is 4.92. The number of benzene rings is 1. The van der Waals surface area contributed by atoms with Gasteiger partial charge in [-0.2, -0.15) is 0 Å². The van der Waals surface area contributed by atoms with Crippen molar-refractivity contribution in [3.05, 3.63) is 22.7 Å². The predicted molar refractivity (Wildman–Crippen MR) is 157 cm³/mol. The maximum Gasteiger partial charge on any atom is 0.303 e. The van der Waals surface area contributed by atoms with Gasteiger partial charge in [-0.25, -0.2) is 0 Å². The molecule has 0 bridgehead atoms. The molecule has 226 valence electrons. The number of anilines is 1. The summed E-state index contributed by atoms with van der Waals surface area (Å²) in [5.41, 5.74) is 6.53. The topological polar surface area (TPSA) is 143 Å². The minimum atomic E-state index is -0.741. The number of nitrogens with zero attached hydrogens (tertiary/aromatic N) is 1. The van der Waals surface area contributed by atoms with Crippen LogP contribution in [0.4, 0.5) is 5.69 Å². The number of carboxylic acid groups (broad SMARTS) is 1. The van der Waals surface area contributed by atoms with Crippen LogP contribution in [0.3, 0.4) is 0 Å². The van der Waals surface area contributed by atoms with Gasteiger partial charge < -0.3 is 35.8 Å². The molecule has 1 heterocycles. The van der Waals surface area contributed by atoms with Gasteiger partial charge in [0.15, 0.2) is 0 Å². The van der Waals surface area contributed by atoms with Crippen molar-refractivity contribution in [3.8, 4) is 5.75 Å². The van der Waals surface area contributed by atoms with Crippen LogP contribution in [0.25, 0.3) is 0 Å². The third kappa shape index (κ3) is 11.9. The number of nitrogen functional groups attached to an aromatic ring is 1. The molecule has 0 aromatic heterocycles. The minimum absolute atomic E-state index is 0.0905. The van der Waals surface area contributed by atoms with Gasteiger partial charge in [0.2, 0.25) is 5.91 Å². The second kappa shape index (κ2) is 18.0. The van der Waals surface area contributed by atoms with Gasteiger partial charge in [0, 0.05) is 45.7 Å². The molecule has 1 unspecified atom stereocenters. The van der Waals surface area contributed by atoms with E-state index in [0.717, 1.165) is 64.5 Å². The molecule has 2 rings (SSSR count). The molecule has 5 N–H and O–H groups in total. The van der Waals surface area contributed by atoms with E-state index in [1.54, 1.807) is 13.2 Å². The van der Waals surface area contributed by atoms with Crippen molar-refractivity contribution in [1.29, 1.82) is 0 Å². The normalized spacial score (nSPS) is 18.2. The number of carbonyl (C=O) groups is 3. The van der Waals surface area contributed by atoms with E-state index in [0.29, 0.717) is 47.5 Å². The van der Waals surface area contributed by atoms with Crippen LogP contribution in [-0.4, -0.2) is 80.3 Å². The molecule has 3 atom stereocenters. The van der Waals surface area contributed by atoms with Crippen LogP contribution in [0.2, 0.25) is 5.02 Å². The first-order valence-corrected chi connectivity index (χ1v) is 14.7. The van der Waals surface area contributed by atoms with Gasteiger partial charge in [-0.05, 0) is 50.6 Å². The number of piperidine rings is 1. The first-order valence-electron chi connectivity index (χ1n) is 14.3. The number of amides is 2. The van der Waals surface area contributed by atoms with Crippen molar-refractivity contribution in [2.45, 2.75) is 83.3 Å². The second-order valence-electron chi connectivity index (χ2n) is 10.7. The number of hydrogen-bond donors (Lipinski definition) is 4. The van der Waals surface area contributed by atoms with Crippen molar-refractivity contribution in [2.24, 2.45) is 5.92 Å². The Kier molecular flexibility index (Phi) is 15.1. The largest absolute Gasteiger partial charge is 0.496 e. The number of nitrogens with one attached hydrogen (secondary N) is 2. The molecular weight excluding hydrogens is 536 g/mol. The summed E-state index contributed by atoms with van der Waals surface area (Å²) < 4.78 is 11.0. The summed E-state index contributed by atoms with van der Waals surface area (Å²) in [6.07, 6.45) is 7.75. The first-order chi connectivity index (χ1) is 19.1. The highest BCUT2D eigenvalue weighted by molar-refractivity contribution is 6.33. The summed E-state index contributed by atoms with van der Waals surface area (Å²) in [6.45, 7) is 5.32. The quantitative estimate of drug-likeness (QED) is 0.150. The molecular formula is C29H47ClN4O6. The monoisotopic (exact) mass is 582 g/mol. The van der Waals surface area contributed by atoms with Gasteiger partial charge in [-0.3, -0.25) is 14.4 Å². The summed E-state index contributed by atoms with van der Waals surface area (Å²) in [7, 11) is 3.15. The highest BCUT2D eigenvalue weighted by atomic mass is 35.5. The number of ether oxygens (including phenoxy) is 2. The zero-order chi connectivity index (χ0) is 29.5. The number of hydrogen-bond acceptors (Lipinski definition) is 7. The molecule has 11 heteroatoms. The maximum atomic E-state index is 13.0. The van der Waals surface area contributed by atoms with Gasteiger partial charge in [-0.15, -0.1) is 0 Å². The minimum Gasteiger partial charge on any atom is -0.496 e. The lowest BCUT2D eigenvalue weighted by atomic mass is 9.98. The van der Waals surface area contributed by atoms with E-state index in [2.05, 4.69) is 22.5 Å². The van der Waals surface area contributed by atoms with Gasteiger partial charge in [-0.1, -0.05) is 37.8 Å². The summed E-state index contributed by atoms with van der Waals surface area (Å²) >= 11 is 6.13. The van der Waals surface area contributed by atoms with Gasteiger partial charge in [0.05, 0.1) is 35.5 Å². The SMILES string of the molecule is COc1cc(N)c(Cl)cc1C(=O)N[C@@H]1CCN(CCC(C)CCC(=O)NCCCCCCCC(=O)O)C[C@@H]1OC. The molecule has 1 fully saturated rings. The highest BCUT2D eigenvalue weighted by Gasteiger charge is 2.31. The molecule has 0 radical (unpaired) electrons. The Morgan fingerprint density at radius 2 is 1.85 bits per heavy atom. The van der Waals surface area contributed by atoms with Crippen LogP contribution < -0.4 is 21.1 Å². The smallest absolute Gasteiger partial charge is 0.303 e. The Morgan fingerprint density at radius 3 is 2.55 bits per heavy atom. The van der Waals surface area contributed by atoms with E-state index in [4.69, 9.17) is 31.9 Å². The molecule has 10 nitrogen and oxygen atoms in total. The maximum absolute atomic E-state index is 13.0. The standard InChI is InChI=1S/C29H47ClN4O6/c1-20(10-11-27(35)32-14-8-6-4-5-7-9-28(36)37)12-15-34-16-13-24(26(19-34)40-3)33-29(38)21-17-22(30)23(31)18-25(21)39-2/h17-18,20,24,26H,4-16,19,31H2,1-3H3,(H,32,35)(H,33,38)(H,36,37)/t20?,24-,26+/m1/s1. The third-order valence-corrected chi connectivity index (χ3v) is 7.85. The van der Waals surface area contributed by atoms with Crippen LogP contribution in [-0.2, 0) is 14.3 Å². The van der Waals surface area contributed by atoms with E-state index in [-0.39, 0.29) is 30.4 Å². The first kappa shape index (κ1) is 33.6. The third-order valence-electron chi connectivity index (χ3n) is 7.52. The molecule has 1 aromatic rings. The van der Waals surface area contributed by atoms with Crippen LogP contribution in [0.1, 0.15) is 81.5 Å². The number of rotatable bonds is 18. The fraction of sp³-hybridized carbons (Fsp3) is 0.690. The molecule has 1 aromatic carbocycles. The number of carboxylic acids is 1. The van der Waals surface area contributed by atoms with Gasteiger partial charge >= 0.3 is 5.97 Å². The van der Waals surface area contributed by atoms with Crippen LogP contribution >= 0.6 is 11.6 Å². The number of aliphatic carboxylic acids is 1. The van der Waals surface area contributed by atoms with Gasteiger partial charge in [0.25, 0.3) is 5.91 Å². The molecule has 0 aliphatic carbocycles. The number of methoxy groups -OCH3 is 2.